The first kappa shape index (κ1) is 10.8. The molecule has 0 radical (unpaired) electrons. The predicted octanol–water partition coefficient (Wildman–Crippen LogP) is 1.22. The summed E-state index contributed by atoms with van der Waals surface area (Å²) < 4.78 is 0. The molecule has 2 rings (SSSR count). The van der Waals surface area contributed by atoms with Gasteiger partial charge >= 0.3 is 0 Å². The molecule has 0 amide bonds. The monoisotopic (exact) mass is 224 g/mol. The fraction of sp³-hybridized carbons (Fsp3) is 0.545. The fourth-order valence-electron chi connectivity index (χ4n) is 1.89. The highest BCUT2D eigenvalue weighted by atomic mass is 32.1. The van der Waals surface area contributed by atoms with Crippen molar-refractivity contribution in [2.45, 2.75) is 12.5 Å². The van der Waals surface area contributed by atoms with E-state index >= 15 is 0 Å². The number of carbonyl (C=O) groups excluding carboxylic acids is 1. The minimum Gasteiger partial charge on any atom is -0.315 e. The van der Waals surface area contributed by atoms with Crippen LogP contribution in [0.1, 0.15) is 16.1 Å². The Hall–Kier alpha value is -0.710. The molecule has 1 N–H and O–H groups in total. The molecule has 1 saturated heterocycles. The molecule has 15 heavy (non-hydrogen) atoms. The van der Waals surface area contributed by atoms with Crippen molar-refractivity contribution < 1.29 is 4.79 Å². The summed E-state index contributed by atoms with van der Waals surface area (Å²) >= 11 is 1.52. The second-order valence-corrected chi connectivity index (χ2v) is 4.91. The maximum absolute atomic E-state index is 11.8. The Morgan fingerprint density at radius 2 is 2.60 bits per heavy atom. The van der Waals surface area contributed by atoms with Gasteiger partial charge in [0.2, 0.25) is 0 Å². The van der Waals surface area contributed by atoms with E-state index in [9.17, 15) is 4.79 Å². The molecule has 0 bridgehead atoms. The molecule has 0 saturated carbocycles. The lowest BCUT2D eigenvalue weighted by Crippen LogP contribution is -2.37. The highest BCUT2D eigenvalue weighted by molar-refractivity contribution is 7.12. The average Bonchev–Trinajstić information content (AvgIpc) is 2.91. The van der Waals surface area contributed by atoms with Gasteiger partial charge < -0.3 is 5.32 Å². The molecule has 0 spiro atoms. The number of nitrogens with one attached hydrogen (secondary N) is 1. The normalized spacial score (nSPS) is 21.1. The minimum atomic E-state index is 0.236. The molecule has 82 valence electrons. The van der Waals surface area contributed by atoms with Crippen molar-refractivity contribution in [2.75, 3.05) is 26.7 Å². The lowest BCUT2D eigenvalue weighted by Gasteiger charge is -2.22. The summed E-state index contributed by atoms with van der Waals surface area (Å²) in [6.45, 7) is 2.61. The average molecular weight is 224 g/mol. The third-order valence-corrected chi connectivity index (χ3v) is 3.76. The number of ketones is 1. The van der Waals surface area contributed by atoms with E-state index in [1.54, 1.807) is 0 Å². The van der Waals surface area contributed by atoms with Gasteiger partial charge in [-0.05, 0) is 31.5 Å². The molecule has 0 aromatic carbocycles. The third kappa shape index (κ3) is 2.65. The first-order valence-electron chi connectivity index (χ1n) is 5.25. The maximum atomic E-state index is 11.8. The minimum absolute atomic E-state index is 0.236. The van der Waals surface area contributed by atoms with E-state index in [0.717, 1.165) is 24.4 Å². The van der Waals surface area contributed by atoms with Gasteiger partial charge in [-0.15, -0.1) is 11.3 Å². The van der Waals surface area contributed by atoms with Gasteiger partial charge in [-0.3, -0.25) is 9.69 Å². The number of Topliss-reactive ketones (excluding diaryl/α,β-unsaturated/α-hetero) is 1. The SMILES string of the molecule is CN(CC(=O)c1cccs1)[C@@H]1CCNC1. The third-order valence-electron chi connectivity index (χ3n) is 2.85. The van der Waals surface area contributed by atoms with E-state index in [2.05, 4.69) is 10.2 Å². The summed E-state index contributed by atoms with van der Waals surface area (Å²) in [5.41, 5.74) is 0. The van der Waals surface area contributed by atoms with Crippen LogP contribution in [0.25, 0.3) is 0 Å². The van der Waals surface area contributed by atoms with Crippen LogP contribution in [-0.2, 0) is 0 Å². The lowest BCUT2D eigenvalue weighted by atomic mass is 10.2. The van der Waals surface area contributed by atoms with Crippen molar-refractivity contribution in [3.63, 3.8) is 0 Å². The van der Waals surface area contributed by atoms with Crippen LogP contribution in [0, 0.1) is 0 Å². The number of thiophene rings is 1. The lowest BCUT2D eigenvalue weighted by molar-refractivity contribution is 0.0929. The zero-order chi connectivity index (χ0) is 10.7. The largest absolute Gasteiger partial charge is 0.315 e. The Morgan fingerprint density at radius 3 is 3.20 bits per heavy atom. The summed E-state index contributed by atoms with van der Waals surface area (Å²) in [6, 6.07) is 4.34. The zero-order valence-electron chi connectivity index (χ0n) is 8.90. The summed E-state index contributed by atoms with van der Waals surface area (Å²) in [4.78, 5) is 14.8. The fourth-order valence-corrected chi connectivity index (χ4v) is 2.54. The Morgan fingerprint density at radius 1 is 1.73 bits per heavy atom. The molecule has 0 unspecified atom stereocenters. The summed E-state index contributed by atoms with van der Waals surface area (Å²) in [5.74, 6) is 0.236. The molecule has 1 aliphatic rings. The summed E-state index contributed by atoms with van der Waals surface area (Å²) in [5, 5.41) is 5.26. The van der Waals surface area contributed by atoms with Gasteiger partial charge in [-0.25, -0.2) is 0 Å². The second kappa shape index (κ2) is 4.88. The highest BCUT2D eigenvalue weighted by Gasteiger charge is 2.21. The van der Waals surface area contributed by atoms with E-state index in [-0.39, 0.29) is 5.78 Å². The van der Waals surface area contributed by atoms with Crippen molar-refractivity contribution in [1.82, 2.24) is 10.2 Å². The number of hydrogen-bond acceptors (Lipinski definition) is 4. The van der Waals surface area contributed by atoms with Gasteiger partial charge in [-0.2, -0.15) is 0 Å². The van der Waals surface area contributed by atoms with Gasteiger partial charge in [-0.1, -0.05) is 6.07 Å². The van der Waals surface area contributed by atoms with Gasteiger partial charge in [0.25, 0.3) is 0 Å². The predicted molar refractivity (Wildman–Crippen MR) is 62.6 cm³/mol. The molecule has 1 aromatic rings. The zero-order valence-corrected chi connectivity index (χ0v) is 9.72. The standard InChI is InChI=1S/C11H16N2OS/c1-13(9-4-5-12-7-9)8-10(14)11-3-2-6-15-11/h2-3,6,9,12H,4-5,7-8H2,1H3/t9-/m1/s1. The number of hydrogen-bond donors (Lipinski definition) is 1. The topological polar surface area (TPSA) is 32.3 Å². The van der Waals surface area contributed by atoms with Crippen LogP contribution in [0.5, 0.6) is 0 Å². The molecular weight excluding hydrogens is 208 g/mol. The number of likely N-dealkylation sites (N-methyl/N-ethyl adjacent to an activating group) is 1. The maximum Gasteiger partial charge on any atom is 0.186 e. The Balaban J connectivity index is 1.88. The van der Waals surface area contributed by atoms with Gasteiger partial charge in [0.05, 0.1) is 11.4 Å². The molecule has 1 aromatic heterocycles. The molecule has 1 aliphatic heterocycles. The molecule has 2 heterocycles. The molecule has 4 heteroatoms. The van der Waals surface area contributed by atoms with Crippen LogP contribution in [0.15, 0.2) is 17.5 Å². The van der Waals surface area contributed by atoms with E-state index in [1.807, 2.05) is 24.6 Å². The number of carbonyl (C=O) groups is 1. The Labute approximate surface area is 94.1 Å². The Bertz CT molecular complexity index is 317. The van der Waals surface area contributed by atoms with Crippen LogP contribution >= 0.6 is 11.3 Å². The van der Waals surface area contributed by atoms with Crippen molar-refractivity contribution in [3.05, 3.63) is 22.4 Å². The van der Waals surface area contributed by atoms with Crippen LogP contribution in [0.2, 0.25) is 0 Å². The van der Waals surface area contributed by atoms with Crippen LogP contribution in [-0.4, -0.2) is 43.4 Å². The number of nitrogens with zero attached hydrogens (tertiary/aromatic N) is 1. The van der Waals surface area contributed by atoms with E-state index in [0.29, 0.717) is 12.6 Å². The first-order chi connectivity index (χ1) is 7.27. The van der Waals surface area contributed by atoms with E-state index in [4.69, 9.17) is 0 Å². The van der Waals surface area contributed by atoms with Crippen LogP contribution in [0.3, 0.4) is 0 Å². The molecule has 1 fully saturated rings. The van der Waals surface area contributed by atoms with Crippen molar-refractivity contribution in [1.29, 1.82) is 0 Å². The van der Waals surface area contributed by atoms with Crippen molar-refractivity contribution >= 4 is 17.1 Å². The van der Waals surface area contributed by atoms with Crippen molar-refractivity contribution in [2.24, 2.45) is 0 Å². The molecule has 0 aliphatic carbocycles. The smallest absolute Gasteiger partial charge is 0.186 e. The second-order valence-electron chi connectivity index (χ2n) is 3.96. The molecule has 1 atom stereocenters. The van der Waals surface area contributed by atoms with Gasteiger partial charge in [0, 0.05) is 12.6 Å². The van der Waals surface area contributed by atoms with E-state index in [1.165, 1.54) is 11.3 Å². The summed E-state index contributed by atoms with van der Waals surface area (Å²) in [6.07, 6.45) is 1.15. The molecular formula is C11H16N2OS. The van der Waals surface area contributed by atoms with Gasteiger partial charge in [0.1, 0.15) is 0 Å². The quantitative estimate of drug-likeness (QED) is 0.781. The van der Waals surface area contributed by atoms with Crippen LogP contribution in [0.4, 0.5) is 0 Å². The Kier molecular flexibility index (Phi) is 3.51. The summed E-state index contributed by atoms with van der Waals surface area (Å²) in [7, 11) is 2.03. The first-order valence-corrected chi connectivity index (χ1v) is 6.13. The van der Waals surface area contributed by atoms with E-state index < -0.39 is 0 Å². The van der Waals surface area contributed by atoms with Crippen molar-refractivity contribution in [3.8, 4) is 0 Å². The van der Waals surface area contributed by atoms with Gasteiger partial charge in [0.15, 0.2) is 5.78 Å². The molecule has 3 nitrogen and oxygen atoms in total. The number of rotatable bonds is 4. The highest BCUT2D eigenvalue weighted by Crippen LogP contribution is 2.12. The van der Waals surface area contributed by atoms with Crippen LogP contribution < -0.4 is 5.32 Å².